The van der Waals surface area contributed by atoms with Crippen molar-refractivity contribution in [2.24, 2.45) is 0 Å². The van der Waals surface area contributed by atoms with Crippen LogP contribution in [0.1, 0.15) is 26.1 Å². The van der Waals surface area contributed by atoms with Crippen molar-refractivity contribution in [3.8, 4) is 0 Å². The number of rotatable bonds is 5. The van der Waals surface area contributed by atoms with Crippen LogP contribution < -0.4 is 5.32 Å². The second-order valence-corrected chi connectivity index (χ2v) is 8.45. The summed E-state index contributed by atoms with van der Waals surface area (Å²) in [7, 11) is -0.729. The Morgan fingerprint density at radius 2 is 1.92 bits per heavy atom. The molecule has 1 aliphatic heterocycles. The van der Waals surface area contributed by atoms with Crippen molar-refractivity contribution in [2.75, 3.05) is 36.5 Å². The molecule has 0 amide bonds. The van der Waals surface area contributed by atoms with Gasteiger partial charge in [0.1, 0.15) is 5.82 Å². The minimum absolute atomic E-state index is 0.207. The molecule has 2 aromatic rings. The molecule has 1 fully saturated rings. The Hall–Kier alpha value is -1.67. The van der Waals surface area contributed by atoms with Crippen LogP contribution in [0.25, 0.3) is 10.9 Å². The number of para-hydroxylation sites is 1. The largest absolute Gasteiger partial charge is 0.368 e. The summed E-state index contributed by atoms with van der Waals surface area (Å²) < 4.78 is 37.7. The Bertz CT molecular complexity index is 774. The van der Waals surface area contributed by atoms with E-state index in [1.807, 2.05) is 12.1 Å². The number of alkyl halides is 2. The van der Waals surface area contributed by atoms with Crippen LogP contribution >= 0.6 is 0 Å². The first kappa shape index (κ1) is 18.1. The zero-order valence-corrected chi connectivity index (χ0v) is 15.2. The van der Waals surface area contributed by atoms with E-state index in [0.29, 0.717) is 29.4 Å². The maximum absolute atomic E-state index is 13.1. The molecule has 3 rings (SSSR count). The molecule has 0 atom stereocenters. The van der Waals surface area contributed by atoms with Crippen molar-refractivity contribution in [2.45, 2.75) is 25.8 Å². The fourth-order valence-corrected chi connectivity index (χ4v) is 4.03. The van der Waals surface area contributed by atoms with Crippen molar-refractivity contribution in [3.05, 3.63) is 30.1 Å². The highest BCUT2D eigenvalue weighted by Gasteiger charge is 2.30. The van der Waals surface area contributed by atoms with Crippen molar-refractivity contribution in [1.82, 2.24) is 14.9 Å². The van der Waals surface area contributed by atoms with Crippen LogP contribution in [-0.4, -0.2) is 55.8 Å². The number of hydrogen-bond acceptors (Lipinski definition) is 5. The first-order valence-electron chi connectivity index (χ1n) is 8.25. The molecule has 1 aromatic heterocycles. The molecule has 1 N–H and O–H groups in total. The van der Waals surface area contributed by atoms with Crippen LogP contribution in [0.4, 0.5) is 14.6 Å². The zero-order valence-electron chi connectivity index (χ0n) is 14.3. The topological polar surface area (TPSA) is 58.1 Å². The maximum atomic E-state index is 13.1. The maximum Gasteiger partial charge on any atom is 0.297 e. The Balaban J connectivity index is 1.81. The molecular formula is C17H22F2N4OS. The molecule has 0 spiro atoms. The number of halogens is 2. The van der Waals surface area contributed by atoms with E-state index in [9.17, 15) is 13.0 Å². The molecule has 136 valence electrons. The number of aromatic nitrogens is 2. The van der Waals surface area contributed by atoms with Crippen LogP contribution in [0.15, 0.2) is 24.3 Å². The molecule has 1 saturated heterocycles. The highest BCUT2D eigenvalue weighted by molar-refractivity contribution is 7.85. The van der Waals surface area contributed by atoms with Gasteiger partial charge in [0.15, 0.2) is 5.82 Å². The molecule has 0 saturated carbocycles. The molecule has 0 bridgehead atoms. The SMILES string of the molecule is CC(C)(CNc1nc(C(F)F)nc2ccccc12)N1CCS(=O)CC1. The van der Waals surface area contributed by atoms with Gasteiger partial charge in [-0.05, 0) is 26.0 Å². The molecule has 5 nitrogen and oxygen atoms in total. The monoisotopic (exact) mass is 368 g/mol. The van der Waals surface area contributed by atoms with Gasteiger partial charge >= 0.3 is 0 Å². The van der Waals surface area contributed by atoms with E-state index in [0.717, 1.165) is 18.5 Å². The summed E-state index contributed by atoms with van der Waals surface area (Å²) in [6.45, 7) is 6.27. The smallest absolute Gasteiger partial charge is 0.297 e. The van der Waals surface area contributed by atoms with Gasteiger partial charge in [-0.1, -0.05) is 12.1 Å². The minimum atomic E-state index is -2.71. The first-order chi connectivity index (χ1) is 11.9. The standard InChI is InChI=1S/C17H22F2N4OS/c1-17(2,23-7-9-25(24)10-8-23)11-20-15-12-5-3-4-6-13(12)21-16(22-15)14(18)19/h3-6,14H,7-11H2,1-2H3,(H,20,21,22). The molecule has 0 radical (unpaired) electrons. The van der Waals surface area contributed by atoms with E-state index in [4.69, 9.17) is 0 Å². The summed E-state index contributed by atoms with van der Waals surface area (Å²) >= 11 is 0. The van der Waals surface area contributed by atoms with Gasteiger partial charge in [-0.15, -0.1) is 0 Å². The summed E-state index contributed by atoms with van der Waals surface area (Å²) in [5, 5.41) is 3.95. The Labute approximate surface area is 148 Å². The van der Waals surface area contributed by atoms with Crippen molar-refractivity contribution in [1.29, 1.82) is 0 Å². The molecule has 2 heterocycles. The minimum Gasteiger partial charge on any atom is -0.368 e. The predicted octanol–water partition coefficient (Wildman–Crippen LogP) is 2.82. The molecule has 1 aliphatic rings. The molecule has 8 heteroatoms. The number of anilines is 1. The highest BCUT2D eigenvalue weighted by atomic mass is 32.2. The first-order valence-corrected chi connectivity index (χ1v) is 9.74. The molecule has 1 aromatic carbocycles. The number of nitrogens with zero attached hydrogens (tertiary/aromatic N) is 3. The second-order valence-electron chi connectivity index (χ2n) is 6.75. The van der Waals surface area contributed by atoms with Gasteiger partial charge < -0.3 is 5.32 Å². The van der Waals surface area contributed by atoms with Crippen LogP contribution in [-0.2, 0) is 10.8 Å². The third-order valence-corrected chi connectivity index (χ3v) is 5.81. The van der Waals surface area contributed by atoms with Gasteiger partial charge in [0.05, 0.1) is 5.52 Å². The van der Waals surface area contributed by atoms with Crippen LogP contribution in [0, 0.1) is 0 Å². The lowest BCUT2D eigenvalue weighted by Crippen LogP contribution is -2.53. The van der Waals surface area contributed by atoms with Crippen LogP contribution in [0.3, 0.4) is 0 Å². The van der Waals surface area contributed by atoms with Gasteiger partial charge in [0.2, 0.25) is 0 Å². The van der Waals surface area contributed by atoms with Crippen molar-refractivity contribution in [3.63, 3.8) is 0 Å². The fraction of sp³-hybridized carbons (Fsp3) is 0.529. The fourth-order valence-electron chi connectivity index (χ4n) is 2.98. The summed E-state index contributed by atoms with van der Waals surface area (Å²) in [5.74, 6) is 1.31. The summed E-state index contributed by atoms with van der Waals surface area (Å²) in [4.78, 5) is 10.2. The normalized spacial score (nSPS) is 17.3. The second kappa shape index (κ2) is 7.29. The molecule has 0 unspecified atom stereocenters. The lowest BCUT2D eigenvalue weighted by atomic mass is 10.0. The van der Waals surface area contributed by atoms with E-state index in [1.165, 1.54) is 0 Å². The third kappa shape index (κ3) is 4.12. The van der Waals surface area contributed by atoms with Crippen LogP contribution in [0.2, 0.25) is 0 Å². The zero-order chi connectivity index (χ0) is 18.0. The quantitative estimate of drug-likeness (QED) is 0.879. The Kier molecular flexibility index (Phi) is 5.29. The van der Waals surface area contributed by atoms with Crippen molar-refractivity contribution >= 4 is 27.5 Å². The predicted molar refractivity (Wildman–Crippen MR) is 96.5 cm³/mol. The van der Waals surface area contributed by atoms with E-state index >= 15 is 0 Å². The summed E-state index contributed by atoms with van der Waals surface area (Å²) in [6, 6.07) is 7.14. The van der Waals surface area contributed by atoms with Gasteiger partial charge in [0, 0.05) is 52.9 Å². The van der Waals surface area contributed by atoms with Gasteiger partial charge in [-0.3, -0.25) is 9.11 Å². The lowest BCUT2D eigenvalue weighted by molar-refractivity contribution is 0.140. The van der Waals surface area contributed by atoms with E-state index in [2.05, 4.69) is 34.0 Å². The van der Waals surface area contributed by atoms with Gasteiger partial charge in [-0.25, -0.2) is 18.7 Å². The van der Waals surface area contributed by atoms with Gasteiger partial charge in [-0.2, -0.15) is 0 Å². The number of benzene rings is 1. The lowest BCUT2D eigenvalue weighted by Gasteiger charge is -2.40. The Morgan fingerprint density at radius 3 is 2.60 bits per heavy atom. The molecule has 25 heavy (non-hydrogen) atoms. The van der Waals surface area contributed by atoms with E-state index in [1.54, 1.807) is 12.1 Å². The van der Waals surface area contributed by atoms with Crippen LogP contribution in [0.5, 0.6) is 0 Å². The summed E-state index contributed by atoms with van der Waals surface area (Å²) in [5.41, 5.74) is 0.295. The average molecular weight is 368 g/mol. The summed E-state index contributed by atoms with van der Waals surface area (Å²) in [6.07, 6.45) is -2.71. The number of hydrogen-bond donors (Lipinski definition) is 1. The number of fused-ring (bicyclic) bond motifs is 1. The number of nitrogens with one attached hydrogen (secondary N) is 1. The van der Waals surface area contributed by atoms with E-state index in [-0.39, 0.29) is 5.54 Å². The molecular weight excluding hydrogens is 346 g/mol. The van der Waals surface area contributed by atoms with Crippen molar-refractivity contribution < 1.29 is 13.0 Å². The third-order valence-electron chi connectivity index (χ3n) is 4.54. The average Bonchev–Trinajstić information content (AvgIpc) is 2.59. The highest BCUT2D eigenvalue weighted by Crippen LogP contribution is 2.25. The van der Waals surface area contributed by atoms with Gasteiger partial charge in [0.25, 0.3) is 6.43 Å². The Morgan fingerprint density at radius 1 is 1.24 bits per heavy atom. The molecule has 0 aliphatic carbocycles. The van der Waals surface area contributed by atoms with E-state index < -0.39 is 23.0 Å².